The molecule has 0 bridgehead atoms. The van der Waals surface area contributed by atoms with Gasteiger partial charge in [0.25, 0.3) is 5.69 Å². The normalized spacial score (nSPS) is 16.1. The molecule has 0 aromatic heterocycles. The highest BCUT2D eigenvalue weighted by molar-refractivity contribution is 5.80. The van der Waals surface area contributed by atoms with Crippen LogP contribution in [0.1, 0.15) is 29.0 Å². The lowest BCUT2D eigenvalue weighted by Crippen LogP contribution is -2.26. The van der Waals surface area contributed by atoms with Gasteiger partial charge in [-0.3, -0.25) is 20.2 Å². The SMILES string of the molecule is N#CC(C#N)=C1c2ccccc2CC[C@H]1[C@@H](C[N+](=O)[O-])c1ccc([N+](=O)[O-])cc1. The summed E-state index contributed by atoms with van der Waals surface area (Å²) in [5, 5.41) is 41.4. The van der Waals surface area contributed by atoms with Gasteiger partial charge < -0.3 is 0 Å². The number of allylic oxidation sites excluding steroid dienone is 2. The summed E-state index contributed by atoms with van der Waals surface area (Å²) in [5.74, 6) is -1.04. The summed E-state index contributed by atoms with van der Waals surface area (Å²) in [5.41, 5.74) is 2.68. The van der Waals surface area contributed by atoms with Gasteiger partial charge in [0.1, 0.15) is 17.7 Å². The smallest absolute Gasteiger partial charge is 0.265 e. The minimum atomic E-state index is -0.620. The second-order valence-electron chi connectivity index (χ2n) is 6.79. The molecule has 0 unspecified atom stereocenters. The van der Waals surface area contributed by atoms with Crippen molar-refractivity contribution in [1.82, 2.24) is 0 Å². The van der Waals surface area contributed by atoms with Crippen LogP contribution in [0.25, 0.3) is 5.57 Å². The van der Waals surface area contributed by atoms with E-state index in [1.807, 2.05) is 36.4 Å². The van der Waals surface area contributed by atoms with Crippen molar-refractivity contribution in [2.75, 3.05) is 6.54 Å². The zero-order valence-corrected chi connectivity index (χ0v) is 15.3. The predicted octanol–water partition coefficient (Wildman–Crippen LogP) is 4.02. The van der Waals surface area contributed by atoms with Crippen LogP contribution < -0.4 is 0 Å². The average Bonchev–Trinajstić information content (AvgIpc) is 2.73. The monoisotopic (exact) mass is 388 g/mol. The van der Waals surface area contributed by atoms with E-state index in [1.54, 1.807) is 0 Å². The summed E-state index contributed by atoms with van der Waals surface area (Å²) in [4.78, 5) is 21.4. The number of benzene rings is 2. The molecule has 0 saturated carbocycles. The molecule has 0 radical (unpaired) electrons. The van der Waals surface area contributed by atoms with Crippen molar-refractivity contribution in [1.29, 1.82) is 10.5 Å². The molecule has 0 N–H and O–H groups in total. The van der Waals surface area contributed by atoms with Crippen LogP contribution in [0.4, 0.5) is 5.69 Å². The lowest BCUT2D eigenvalue weighted by atomic mass is 9.70. The third-order valence-corrected chi connectivity index (χ3v) is 5.26. The van der Waals surface area contributed by atoms with E-state index in [1.165, 1.54) is 24.3 Å². The van der Waals surface area contributed by atoms with Crippen molar-refractivity contribution in [3.8, 4) is 12.1 Å². The first kappa shape index (κ1) is 19.7. The minimum Gasteiger partial charge on any atom is -0.265 e. The summed E-state index contributed by atoms with van der Waals surface area (Å²) < 4.78 is 0. The number of nitrogens with zero attached hydrogens (tertiary/aromatic N) is 4. The van der Waals surface area contributed by atoms with E-state index in [-0.39, 0.29) is 11.3 Å². The molecule has 0 spiro atoms. The maximum absolute atomic E-state index is 11.4. The van der Waals surface area contributed by atoms with Crippen LogP contribution in [0.15, 0.2) is 54.1 Å². The van der Waals surface area contributed by atoms with Gasteiger partial charge >= 0.3 is 0 Å². The van der Waals surface area contributed by atoms with Crippen LogP contribution in [0.2, 0.25) is 0 Å². The molecule has 29 heavy (non-hydrogen) atoms. The highest BCUT2D eigenvalue weighted by atomic mass is 16.6. The van der Waals surface area contributed by atoms with Gasteiger partial charge in [-0.15, -0.1) is 0 Å². The molecule has 0 fully saturated rings. The number of fused-ring (bicyclic) bond motifs is 1. The maximum Gasteiger partial charge on any atom is 0.269 e. The van der Waals surface area contributed by atoms with Gasteiger partial charge in [-0.1, -0.05) is 36.4 Å². The van der Waals surface area contributed by atoms with Gasteiger partial charge in [-0.2, -0.15) is 10.5 Å². The first-order chi connectivity index (χ1) is 14.0. The fourth-order valence-electron chi connectivity index (χ4n) is 3.99. The Kier molecular flexibility index (Phi) is 5.66. The van der Waals surface area contributed by atoms with Gasteiger partial charge in [-0.05, 0) is 41.0 Å². The highest BCUT2D eigenvalue weighted by Gasteiger charge is 2.36. The second kappa shape index (κ2) is 8.32. The van der Waals surface area contributed by atoms with Gasteiger partial charge in [0, 0.05) is 17.1 Å². The van der Waals surface area contributed by atoms with Gasteiger partial charge in [0.2, 0.25) is 6.54 Å². The summed E-state index contributed by atoms with van der Waals surface area (Å²) in [6, 6.07) is 17.0. The molecule has 144 valence electrons. The van der Waals surface area contributed by atoms with E-state index in [9.17, 15) is 30.8 Å². The van der Waals surface area contributed by atoms with Crippen LogP contribution in [0.5, 0.6) is 0 Å². The van der Waals surface area contributed by atoms with Crippen molar-refractivity contribution >= 4 is 11.3 Å². The fourth-order valence-corrected chi connectivity index (χ4v) is 3.99. The number of non-ortho nitro benzene ring substituents is 1. The van der Waals surface area contributed by atoms with E-state index in [4.69, 9.17) is 0 Å². The summed E-state index contributed by atoms with van der Waals surface area (Å²) in [7, 11) is 0. The van der Waals surface area contributed by atoms with Crippen LogP contribution in [-0.2, 0) is 6.42 Å². The van der Waals surface area contributed by atoms with Crippen molar-refractivity contribution < 1.29 is 9.85 Å². The first-order valence-electron chi connectivity index (χ1n) is 8.95. The number of aryl methyl sites for hydroxylation is 1. The molecule has 2 aromatic carbocycles. The molecule has 2 atom stereocenters. The molecule has 1 aliphatic rings. The van der Waals surface area contributed by atoms with E-state index >= 15 is 0 Å². The van der Waals surface area contributed by atoms with E-state index in [2.05, 4.69) is 0 Å². The lowest BCUT2D eigenvalue weighted by molar-refractivity contribution is -0.484. The topological polar surface area (TPSA) is 134 Å². The fraction of sp³-hybridized carbons (Fsp3) is 0.238. The predicted molar refractivity (Wildman–Crippen MR) is 104 cm³/mol. The Morgan fingerprint density at radius 2 is 1.72 bits per heavy atom. The number of rotatable bonds is 5. The van der Waals surface area contributed by atoms with Gasteiger partial charge in [0.05, 0.1) is 10.8 Å². The number of nitriles is 2. The Hall–Kier alpha value is -4.04. The molecule has 0 amide bonds. The standard InChI is InChI=1S/C21H16N4O4/c22-11-16(12-23)21-18-4-2-1-3-14(18)7-10-19(21)20(13-24(26)27)15-5-8-17(9-6-15)25(28)29/h1-6,8-9,19-20H,7,10,13H2/t19-,20-/m0/s1. The van der Waals surface area contributed by atoms with Crippen molar-refractivity contribution in [2.45, 2.75) is 18.8 Å². The van der Waals surface area contributed by atoms with Gasteiger partial charge in [0.15, 0.2) is 0 Å². The first-order valence-corrected chi connectivity index (χ1v) is 8.95. The molecule has 2 aromatic rings. The zero-order chi connectivity index (χ0) is 21.0. The van der Waals surface area contributed by atoms with Crippen LogP contribution >= 0.6 is 0 Å². The quantitative estimate of drug-likeness (QED) is 0.431. The Labute approximate surface area is 166 Å². The average molecular weight is 388 g/mol. The minimum absolute atomic E-state index is 0.0580. The van der Waals surface area contributed by atoms with Crippen LogP contribution in [0.3, 0.4) is 0 Å². The largest absolute Gasteiger partial charge is 0.269 e. The number of hydrogen-bond donors (Lipinski definition) is 0. The third kappa shape index (κ3) is 3.97. The molecule has 0 saturated heterocycles. The molecule has 1 aliphatic carbocycles. The Bertz CT molecular complexity index is 1060. The van der Waals surface area contributed by atoms with Crippen LogP contribution in [-0.4, -0.2) is 16.4 Å². The molecule has 0 aliphatic heterocycles. The van der Waals surface area contributed by atoms with Crippen LogP contribution in [0, 0.1) is 48.8 Å². The zero-order valence-electron chi connectivity index (χ0n) is 15.3. The van der Waals surface area contributed by atoms with E-state index < -0.39 is 28.2 Å². The van der Waals surface area contributed by atoms with Gasteiger partial charge in [-0.25, -0.2) is 0 Å². The maximum atomic E-state index is 11.4. The second-order valence-corrected chi connectivity index (χ2v) is 6.79. The van der Waals surface area contributed by atoms with E-state index in [0.717, 1.165) is 11.1 Å². The van der Waals surface area contributed by atoms with Crippen molar-refractivity contribution in [3.63, 3.8) is 0 Å². The highest BCUT2D eigenvalue weighted by Crippen LogP contribution is 2.45. The van der Waals surface area contributed by atoms with E-state index in [0.29, 0.717) is 24.0 Å². The van der Waals surface area contributed by atoms with Crippen molar-refractivity contribution in [3.05, 3.63) is 91.0 Å². The lowest BCUT2D eigenvalue weighted by Gasteiger charge is -2.32. The summed E-state index contributed by atoms with van der Waals surface area (Å²) >= 11 is 0. The molecule has 3 rings (SSSR count). The third-order valence-electron chi connectivity index (χ3n) is 5.26. The molecular weight excluding hydrogens is 372 g/mol. The molecular formula is C21H16N4O4. The molecule has 8 nitrogen and oxygen atoms in total. The number of hydrogen-bond acceptors (Lipinski definition) is 6. The summed E-state index contributed by atoms with van der Waals surface area (Å²) in [6.07, 6.45) is 1.20. The molecule has 8 heteroatoms. The number of nitro benzene ring substituents is 1. The Morgan fingerprint density at radius 3 is 2.31 bits per heavy atom. The summed E-state index contributed by atoms with van der Waals surface area (Å²) in [6.45, 7) is -0.404. The Balaban J connectivity index is 2.15. The number of nitro groups is 2. The van der Waals surface area contributed by atoms with Crippen molar-refractivity contribution in [2.24, 2.45) is 5.92 Å². The Morgan fingerprint density at radius 1 is 1.07 bits per heavy atom. The molecule has 0 heterocycles.